The lowest BCUT2D eigenvalue weighted by atomic mass is 10.1. The molecule has 6 nitrogen and oxygen atoms in total. The van der Waals surface area contributed by atoms with E-state index in [4.69, 9.17) is 5.11 Å². The SMILES string of the molecule is CC(C)[C@@H](NS(N)(=O)=O)C(=O)O. The van der Waals surface area contributed by atoms with Gasteiger partial charge in [0.1, 0.15) is 6.04 Å². The molecule has 0 rings (SSSR count). The fourth-order valence-electron chi connectivity index (χ4n) is 0.649. The standard InChI is InChI=1S/C5H12N2O4S/c1-3(2)4(5(8)9)7-12(6,10)11/h3-4,7H,1-2H3,(H,8,9)(H2,6,10,11)/t4-/m1/s1. The van der Waals surface area contributed by atoms with Crippen molar-refractivity contribution >= 4 is 16.2 Å². The summed E-state index contributed by atoms with van der Waals surface area (Å²) in [5.74, 6) is -1.58. The molecule has 0 bridgehead atoms. The summed E-state index contributed by atoms with van der Waals surface area (Å²) in [6.07, 6.45) is 0. The van der Waals surface area contributed by atoms with Gasteiger partial charge in [-0.3, -0.25) is 4.79 Å². The predicted octanol–water partition coefficient (Wildman–Crippen LogP) is -1.11. The Morgan fingerprint density at radius 2 is 1.92 bits per heavy atom. The normalized spacial score (nSPS) is 14.7. The van der Waals surface area contributed by atoms with Crippen molar-refractivity contribution in [2.75, 3.05) is 0 Å². The van der Waals surface area contributed by atoms with Gasteiger partial charge in [0.15, 0.2) is 0 Å². The quantitative estimate of drug-likeness (QED) is 0.529. The van der Waals surface area contributed by atoms with Crippen LogP contribution in [0.5, 0.6) is 0 Å². The van der Waals surface area contributed by atoms with Gasteiger partial charge in [-0.1, -0.05) is 13.8 Å². The fraction of sp³-hybridized carbons (Fsp3) is 0.800. The summed E-state index contributed by atoms with van der Waals surface area (Å²) in [4.78, 5) is 10.4. The van der Waals surface area contributed by atoms with E-state index in [0.717, 1.165) is 0 Å². The van der Waals surface area contributed by atoms with E-state index in [1.54, 1.807) is 18.6 Å². The lowest BCUT2D eigenvalue weighted by molar-refractivity contribution is -0.140. The molecule has 0 unspecified atom stereocenters. The highest BCUT2D eigenvalue weighted by Crippen LogP contribution is 2.01. The van der Waals surface area contributed by atoms with E-state index < -0.39 is 22.2 Å². The molecule has 1 atom stereocenters. The average molecular weight is 196 g/mol. The summed E-state index contributed by atoms with van der Waals surface area (Å²) in [7, 11) is -3.94. The van der Waals surface area contributed by atoms with Gasteiger partial charge in [0.05, 0.1) is 0 Å². The Balaban J connectivity index is 4.46. The maximum atomic E-state index is 10.5. The van der Waals surface area contributed by atoms with Crippen molar-refractivity contribution in [2.45, 2.75) is 19.9 Å². The minimum absolute atomic E-state index is 0.346. The lowest BCUT2D eigenvalue weighted by Crippen LogP contribution is -2.46. The van der Waals surface area contributed by atoms with Gasteiger partial charge >= 0.3 is 5.97 Å². The second kappa shape index (κ2) is 3.83. The first-order valence-corrected chi connectivity index (χ1v) is 4.81. The Morgan fingerprint density at radius 3 is 2.00 bits per heavy atom. The van der Waals surface area contributed by atoms with E-state index in [0.29, 0.717) is 0 Å². The van der Waals surface area contributed by atoms with Crippen molar-refractivity contribution in [3.05, 3.63) is 0 Å². The molecule has 0 saturated carbocycles. The van der Waals surface area contributed by atoms with E-state index >= 15 is 0 Å². The van der Waals surface area contributed by atoms with Crippen molar-refractivity contribution in [3.8, 4) is 0 Å². The molecule has 0 aromatic rings. The zero-order valence-electron chi connectivity index (χ0n) is 6.81. The van der Waals surface area contributed by atoms with Crippen LogP contribution >= 0.6 is 0 Å². The van der Waals surface area contributed by atoms with Crippen molar-refractivity contribution in [3.63, 3.8) is 0 Å². The molecular weight excluding hydrogens is 184 g/mol. The van der Waals surface area contributed by atoms with Crippen LogP contribution in [0.3, 0.4) is 0 Å². The highest BCUT2D eigenvalue weighted by atomic mass is 32.2. The average Bonchev–Trinajstić information content (AvgIpc) is 1.79. The van der Waals surface area contributed by atoms with Crippen LogP contribution in [0.1, 0.15) is 13.8 Å². The van der Waals surface area contributed by atoms with Gasteiger partial charge in [0.25, 0.3) is 10.2 Å². The lowest BCUT2D eigenvalue weighted by Gasteiger charge is -2.15. The first-order valence-electron chi connectivity index (χ1n) is 3.27. The number of carboxylic acid groups (broad SMARTS) is 1. The molecule has 0 heterocycles. The Bertz CT molecular complexity index is 259. The van der Waals surface area contributed by atoms with E-state index in [-0.39, 0.29) is 5.92 Å². The second-order valence-corrected chi connectivity index (χ2v) is 4.05. The van der Waals surface area contributed by atoms with Gasteiger partial charge in [-0.2, -0.15) is 13.1 Å². The third-order valence-electron chi connectivity index (χ3n) is 1.22. The first-order chi connectivity index (χ1) is 5.24. The highest BCUT2D eigenvalue weighted by molar-refractivity contribution is 7.87. The Labute approximate surface area is 70.9 Å². The first kappa shape index (κ1) is 11.3. The van der Waals surface area contributed by atoms with E-state index in [9.17, 15) is 13.2 Å². The smallest absolute Gasteiger partial charge is 0.322 e. The van der Waals surface area contributed by atoms with Crippen LogP contribution in [0.4, 0.5) is 0 Å². The number of hydrogen-bond acceptors (Lipinski definition) is 3. The number of aliphatic carboxylic acids is 1. The van der Waals surface area contributed by atoms with Crippen LogP contribution in [0.15, 0.2) is 0 Å². The molecule has 12 heavy (non-hydrogen) atoms. The number of rotatable bonds is 4. The number of carbonyl (C=O) groups is 1. The molecule has 7 heteroatoms. The minimum atomic E-state index is -3.94. The van der Waals surface area contributed by atoms with Gasteiger partial charge in [0.2, 0.25) is 0 Å². The van der Waals surface area contributed by atoms with E-state index in [2.05, 4.69) is 5.14 Å². The minimum Gasteiger partial charge on any atom is -0.480 e. The summed E-state index contributed by atoms with van der Waals surface area (Å²) in [6.45, 7) is 3.16. The van der Waals surface area contributed by atoms with Gasteiger partial charge < -0.3 is 5.11 Å². The summed E-state index contributed by atoms with van der Waals surface area (Å²) in [5.41, 5.74) is 0. The molecule has 0 aromatic carbocycles. The molecule has 0 spiro atoms. The zero-order valence-corrected chi connectivity index (χ0v) is 7.63. The van der Waals surface area contributed by atoms with Crippen molar-refractivity contribution < 1.29 is 18.3 Å². The molecule has 0 fully saturated rings. The van der Waals surface area contributed by atoms with Crippen molar-refractivity contribution in [1.29, 1.82) is 0 Å². The molecule has 0 amide bonds. The second-order valence-electron chi connectivity index (χ2n) is 2.72. The molecule has 0 radical (unpaired) electrons. The van der Waals surface area contributed by atoms with Crippen LogP contribution < -0.4 is 9.86 Å². The van der Waals surface area contributed by atoms with E-state index in [1.165, 1.54) is 0 Å². The molecular formula is C5H12N2O4S. The Kier molecular flexibility index (Phi) is 3.62. The summed E-state index contributed by atoms with van der Waals surface area (Å²) in [5, 5.41) is 13.1. The molecule has 72 valence electrons. The van der Waals surface area contributed by atoms with Crippen LogP contribution in [-0.2, 0) is 15.0 Å². The van der Waals surface area contributed by atoms with E-state index in [1.807, 2.05) is 0 Å². The molecule has 0 saturated heterocycles. The Hall–Kier alpha value is -0.660. The molecule has 0 aliphatic carbocycles. The number of nitrogens with two attached hydrogens (primary N) is 1. The predicted molar refractivity (Wildman–Crippen MR) is 42.5 cm³/mol. The maximum Gasteiger partial charge on any atom is 0.322 e. The van der Waals surface area contributed by atoms with Gasteiger partial charge in [-0.15, -0.1) is 0 Å². The van der Waals surface area contributed by atoms with Crippen LogP contribution in [-0.4, -0.2) is 25.5 Å². The largest absolute Gasteiger partial charge is 0.480 e. The topological polar surface area (TPSA) is 109 Å². The van der Waals surface area contributed by atoms with Crippen LogP contribution in [0.2, 0.25) is 0 Å². The number of hydrogen-bond donors (Lipinski definition) is 3. The third kappa shape index (κ3) is 4.27. The van der Waals surface area contributed by atoms with Crippen molar-refractivity contribution in [2.24, 2.45) is 11.1 Å². The van der Waals surface area contributed by atoms with Gasteiger partial charge in [-0.05, 0) is 5.92 Å². The van der Waals surface area contributed by atoms with Gasteiger partial charge in [-0.25, -0.2) is 5.14 Å². The fourth-order valence-corrected chi connectivity index (χ4v) is 1.38. The number of nitrogens with one attached hydrogen (secondary N) is 1. The van der Waals surface area contributed by atoms with Crippen LogP contribution in [0.25, 0.3) is 0 Å². The third-order valence-corrected chi connectivity index (χ3v) is 1.81. The summed E-state index contributed by atoms with van der Waals surface area (Å²) < 4.78 is 22.7. The summed E-state index contributed by atoms with van der Waals surface area (Å²) >= 11 is 0. The molecule has 0 aliphatic heterocycles. The molecule has 0 aromatic heterocycles. The highest BCUT2D eigenvalue weighted by Gasteiger charge is 2.24. The van der Waals surface area contributed by atoms with Crippen LogP contribution in [0, 0.1) is 5.92 Å². The number of carboxylic acids is 1. The molecule has 4 N–H and O–H groups in total. The summed E-state index contributed by atoms with van der Waals surface area (Å²) in [6, 6.07) is -1.17. The zero-order chi connectivity index (χ0) is 9.94. The maximum absolute atomic E-state index is 10.5. The Morgan fingerprint density at radius 1 is 1.50 bits per heavy atom. The monoisotopic (exact) mass is 196 g/mol. The molecule has 0 aliphatic rings. The van der Waals surface area contributed by atoms with Gasteiger partial charge in [0, 0.05) is 0 Å². The van der Waals surface area contributed by atoms with Crippen molar-refractivity contribution in [1.82, 2.24) is 4.72 Å².